The molecule has 124 valence electrons. The maximum Gasteiger partial charge on any atom is 0.0352 e. The highest BCUT2D eigenvalue weighted by Gasteiger charge is 2.29. The Bertz CT molecular complexity index is 1100. The van der Waals surface area contributed by atoms with Crippen LogP contribution in [0.1, 0.15) is 22.6 Å². The van der Waals surface area contributed by atoms with E-state index in [1.54, 1.807) is 0 Å². The Kier molecular flexibility index (Phi) is 3.76. The molecule has 0 saturated heterocycles. The number of hydrogen-bond acceptors (Lipinski definition) is 0. The molecule has 0 aromatic heterocycles. The first kappa shape index (κ1) is 15.6. The van der Waals surface area contributed by atoms with E-state index in [0.717, 1.165) is 4.47 Å². The fourth-order valence-corrected chi connectivity index (χ4v) is 4.42. The molecule has 1 aliphatic carbocycles. The molecular weight excluding hydrogens is 380 g/mol. The van der Waals surface area contributed by atoms with Crippen molar-refractivity contribution in [3.05, 3.63) is 118 Å². The summed E-state index contributed by atoms with van der Waals surface area (Å²) in [5.74, 6) is 0.290. The zero-order valence-electron chi connectivity index (χ0n) is 14.2. The van der Waals surface area contributed by atoms with Gasteiger partial charge >= 0.3 is 0 Å². The van der Waals surface area contributed by atoms with Crippen molar-refractivity contribution in [3.8, 4) is 22.3 Å². The van der Waals surface area contributed by atoms with Crippen molar-refractivity contribution in [2.45, 2.75) is 5.92 Å². The van der Waals surface area contributed by atoms with Crippen molar-refractivity contribution >= 4 is 15.9 Å². The first-order valence-corrected chi connectivity index (χ1v) is 9.65. The summed E-state index contributed by atoms with van der Waals surface area (Å²) in [6.07, 6.45) is 0. The highest BCUT2D eigenvalue weighted by atomic mass is 79.9. The minimum Gasteiger partial charge on any atom is -0.0622 e. The molecule has 0 aliphatic heterocycles. The summed E-state index contributed by atoms with van der Waals surface area (Å²) in [5, 5.41) is 0. The summed E-state index contributed by atoms with van der Waals surface area (Å²) < 4.78 is 1.13. The van der Waals surface area contributed by atoms with Gasteiger partial charge in [0, 0.05) is 10.4 Å². The maximum absolute atomic E-state index is 3.64. The predicted octanol–water partition coefficient (Wildman–Crippen LogP) is 7.28. The lowest BCUT2D eigenvalue weighted by Gasteiger charge is -2.16. The van der Waals surface area contributed by atoms with E-state index in [1.807, 2.05) is 0 Å². The van der Waals surface area contributed by atoms with E-state index in [0.29, 0.717) is 0 Å². The Hall–Kier alpha value is -2.64. The van der Waals surface area contributed by atoms with Crippen LogP contribution in [0.15, 0.2) is 102 Å². The van der Waals surface area contributed by atoms with E-state index in [4.69, 9.17) is 0 Å². The van der Waals surface area contributed by atoms with Crippen molar-refractivity contribution in [3.63, 3.8) is 0 Å². The second-order valence-electron chi connectivity index (χ2n) is 6.74. The zero-order chi connectivity index (χ0) is 17.5. The summed E-state index contributed by atoms with van der Waals surface area (Å²) in [7, 11) is 0. The third-order valence-electron chi connectivity index (χ3n) is 5.22. The first-order chi connectivity index (χ1) is 12.8. The van der Waals surface area contributed by atoms with Gasteiger partial charge in [-0.1, -0.05) is 101 Å². The van der Waals surface area contributed by atoms with Crippen LogP contribution in [-0.4, -0.2) is 0 Å². The Morgan fingerprint density at radius 2 is 1.27 bits per heavy atom. The van der Waals surface area contributed by atoms with Crippen LogP contribution >= 0.6 is 15.9 Å². The van der Waals surface area contributed by atoms with Gasteiger partial charge in [-0.25, -0.2) is 0 Å². The molecule has 0 bridgehead atoms. The quantitative estimate of drug-likeness (QED) is 0.294. The van der Waals surface area contributed by atoms with Gasteiger partial charge in [0.05, 0.1) is 0 Å². The van der Waals surface area contributed by atoms with E-state index >= 15 is 0 Å². The molecule has 1 aliphatic rings. The Morgan fingerprint density at radius 3 is 2.15 bits per heavy atom. The Morgan fingerprint density at radius 1 is 0.538 bits per heavy atom. The summed E-state index contributed by atoms with van der Waals surface area (Å²) in [5.41, 5.74) is 9.34. The summed E-state index contributed by atoms with van der Waals surface area (Å²) in [4.78, 5) is 0. The highest BCUT2D eigenvalue weighted by Crippen LogP contribution is 2.48. The van der Waals surface area contributed by atoms with Crippen molar-refractivity contribution < 1.29 is 0 Å². The lowest BCUT2D eigenvalue weighted by molar-refractivity contribution is 1.02. The Balaban J connectivity index is 1.70. The van der Waals surface area contributed by atoms with Crippen molar-refractivity contribution in [1.29, 1.82) is 0 Å². The first-order valence-electron chi connectivity index (χ1n) is 8.85. The van der Waals surface area contributed by atoms with Crippen molar-refractivity contribution in [2.24, 2.45) is 0 Å². The number of hydrogen-bond donors (Lipinski definition) is 0. The average Bonchev–Trinajstić information content (AvgIpc) is 3.02. The van der Waals surface area contributed by atoms with Crippen LogP contribution in [0.5, 0.6) is 0 Å². The minimum atomic E-state index is 0.290. The van der Waals surface area contributed by atoms with Gasteiger partial charge in [0.2, 0.25) is 0 Å². The average molecular weight is 397 g/mol. The number of benzene rings is 4. The summed E-state index contributed by atoms with van der Waals surface area (Å²) in [6, 6.07) is 35.0. The lowest BCUT2D eigenvalue weighted by Crippen LogP contribution is -1.99. The minimum absolute atomic E-state index is 0.290. The standard InChI is InChI=1S/C25H17Br/c26-20-13-14-23-24(16-20)21-11-4-5-12-22(21)25(23)19-10-6-9-18(15-19)17-7-2-1-3-8-17/h1-16,25H. The molecule has 1 heteroatoms. The fraction of sp³-hybridized carbons (Fsp3) is 0.0400. The van der Waals surface area contributed by atoms with E-state index < -0.39 is 0 Å². The molecule has 0 radical (unpaired) electrons. The summed E-state index contributed by atoms with van der Waals surface area (Å²) in [6.45, 7) is 0. The number of halogens is 1. The normalized spacial score (nSPS) is 14.7. The van der Waals surface area contributed by atoms with Crippen LogP contribution in [0.3, 0.4) is 0 Å². The van der Waals surface area contributed by atoms with Gasteiger partial charge in [0.1, 0.15) is 0 Å². The molecule has 0 spiro atoms. The van der Waals surface area contributed by atoms with Gasteiger partial charge in [0.15, 0.2) is 0 Å². The molecule has 26 heavy (non-hydrogen) atoms. The third kappa shape index (κ3) is 2.51. The lowest BCUT2D eigenvalue weighted by atomic mass is 9.88. The van der Waals surface area contributed by atoms with Crippen LogP contribution in [0.25, 0.3) is 22.3 Å². The third-order valence-corrected chi connectivity index (χ3v) is 5.71. The molecule has 1 unspecified atom stereocenters. The number of fused-ring (bicyclic) bond motifs is 3. The van der Waals surface area contributed by atoms with Gasteiger partial charge in [-0.2, -0.15) is 0 Å². The largest absolute Gasteiger partial charge is 0.0622 e. The predicted molar refractivity (Wildman–Crippen MR) is 112 cm³/mol. The van der Waals surface area contributed by atoms with Crippen LogP contribution in [0, 0.1) is 0 Å². The smallest absolute Gasteiger partial charge is 0.0352 e. The van der Waals surface area contributed by atoms with Gasteiger partial charge < -0.3 is 0 Å². The van der Waals surface area contributed by atoms with E-state index in [1.165, 1.54) is 38.9 Å². The molecule has 0 amide bonds. The zero-order valence-corrected chi connectivity index (χ0v) is 15.8. The fourth-order valence-electron chi connectivity index (χ4n) is 4.06. The summed E-state index contributed by atoms with van der Waals surface area (Å²) >= 11 is 3.64. The van der Waals surface area contributed by atoms with Crippen LogP contribution in [-0.2, 0) is 0 Å². The van der Waals surface area contributed by atoms with Gasteiger partial charge in [0.25, 0.3) is 0 Å². The molecule has 1 atom stereocenters. The molecule has 0 fully saturated rings. The van der Waals surface area contributed by atoms with Gasteiger partial charge in [-0.05, 0) is 51.1 Å². The van der Waals surface area contributed by atoms with Gasteiger partial charge in [-0.3, -0.25) is 0 Å². The maximum atomic E-state index is 3.64. The van der Waals surface area contributed by atoms with Crippen molar-refractivity contribution in [1.82, 2.24) is 0 Å². The molecule has 0 nitrogen and oxygen atoms in total. The second-order valence-corrected chi connectivity index (χ2v) is 7.66. The van der Waals surface area contributed by atoms with E-state index in [9.17, 15) is 0 Å². The molecule has 4 aromatic rings. The Labute approximate surface area is 162 Å². The van der Waals surface area contributed by atoms with E-state index in [-0.39, 0.29) is 5.92 Å². The topological polar surface area (TPSA) is 0 Å². The molecule has 5 rings (SSSR count). The van der Waals surface area contributed by atoms with Crippen molar-refractivity contribution in [2.75, 3.05) is 0 Å². The van der Waals surface area contributed by atoms with Crippen LogP contribution in [0.2, 0.25) is 0 Å². The molecule has 0 heterocycles. The number of rotatable bonds is 2. The van der Waals surface area contributed by atoms with Crippen LogP contribution < -0.4 is 0 Å². The molecule has 4 aromatic carbocycles. The van der Waals surface area contributed by atoms with E-state index in [2.05, 4.69) is 113 Å². The van der Waals surface area contributed by atoms with Crippen LogP contribution in [0.4, 0.5) is 0 Å². The monoisotopic (exact) mass is 396 g/mol. The molecule has 0 N–H and O–H groups in total. The molecular formula is C25H17Br. The molecule has 0 saturated carbocycles. The second kappa shape index (κ2) is 6.26. The highest BCUT2D eigenvalue weighted by molar-refractivity contribution is 9.10. The van der Waals surface area contributed by atoms with Gasteiger partial charge in [-0.15, -0.1) is 0 Å². The SMILES string of the molecule is Brc1ccc2c(c1)-c1ccccc1C2c1cccc(-c2ccccc2)c1.